The third-order valence-electron chi connectivity index (χ3n) is 3.92. The van der Waals surface area contributed by atoms with Crippen LogP contribution in [0.25, 0.3) is 0 Å². The second kappa shape index (κ2) is 7.88. The molecule has 0 heterocycles. The topological polar surface area (TPSA) is 38.3 Å². The quantitative estimate of drug-likeness (QED) is 0.590. The Labute approximate surface area is 118 Å². The van der Waals surface area contributed by atoms with Gasteiger partial charge in [-0.15, -0.1) is 0 Å². The number of carbonyl (C=O) groups excluding carboxylic acids is 1. The van der Waals surface area contributed by atoms with E-state index in [1.165, 1.54) is 38.5 Å². The predicted molar refractivity (Wildman–Crippen MR) is 79.1 cm³/mol. The summed E-state index contributed by atoms with van der Waals surface area (Å²) < 4.78 is 5.28. The Morgan fingerprint density at radius 1 is 1.26 bits per heavy atom. The van der Waals surface area contributed by atoms with Crippen molar-refractivity contribution in [3.63, 3.8) is 0 Å². The lowest BCUT2D eigenvalue weighted by molar-refractivity contribution is -0.151. The molecule has 0 aromatic carbocycles. The van der Waals surface area contributed by atoms with Gasteiger partial charge in [-0.25, -0.2) is 0 Å². The molecule has 112 valence electrons. The first kappa shape index (κ1) is 16.5. The molecular weight excluding hydrogens is 238 g/mol. The zero-order valence-corrected chi connectivity index (χ0v) is 13.1. The van der Waals surface area contributed by atoms with Crippen LogP contribution in [-0.2, 0) is 9.53 Å². The molecule has 19 heavy (non-hydrogen) atoms. The summed E-state index contributed by atoms with van der Waals surface area (Å²) in [6.45, 7) is 8.66. The van der Waals surface area contributed by atoms with Crippen molar-refractivity contribution in [2.45, 2.75) is 84.2 Å². The van der Waals surface area contributed by atoms with Crippen LogP contribution in [0.1, 0.15) is 72.6 Å². The predicted octanol–water partition coefficient (Wildman–Crippen LogP) is 3.67. The number of carbonyl (C=O) groups is 1. The first-order valence-electron chi connectivity index (χ1n) is 7.93. The van der Waals surface area contributed by atoms with Crippen LogP contribution < -0.4 is 5.32 Å². The molecule has 3 nitrogen and oxygen atoms in total. The average molecular weight is 269 g/mol. The van der Waals surface area contributed by atoms with E-state index >= 15 is 0 Å². The standard InChI is InChI=1S/C16H31NO2/c1-5-19-15(18)16(4,12-13(2)3)17-14-10-8-6-7-9-11-14/h13-14,17H,5-12H2,1-4H3. The molecule has 0 aliphatic heterocycles. The summed E-state index contributed by atoms with van der Waals surface area (Å²) in [6, 6.07) is 0.468. The van der Waals surface area contributed by atoms with Crippen molar-refractivity contribution < 1.29 is 9.53 Å². The Bertz CT molecular complexity index is 270. The summed E-state index contributed by atoms with van der Waals surface area (Å²) in [5.41, 5.74) is -0.529. The van der Waals surface area contributed by atoms with Crippen molar-refractivity contribution in [3.05, 3.63) is 0 Å². The fourth-order valence-corrected chi connectivity index (χ4v) is 3.18. The highest BCUT2D eigenvalue weighted by Gasteiger charge is 2.37. The zero-order chi connectivity index (χ0) is 14.3. The number of ether oxygens (including phenoxy) is 1. The minimum Gasteiger partial charge on any atom is -0.465 e. The third-order valence-corrected chi connectivity index (χ3v) is 3.92. The molecule has 1 aliphatic carbocycles. The summed E-state index contributed by atoms with van der Waals surface area (Å²) in [4.78, 5) is 12.3. The maximum atomic E-state index is 12.3. The minimum absolute atomic E-state index is 0.0899. The van der Waals surface area contributed by atoms with Crippen LogP contribution in [0.15, 0.2) is 0 Å². The Balaban J connectivity index is 2.68. The van der Waals surface area contributed by atoms with E-state index in [4.69, 9.17) is 4.74 Å². The first-order chi connectivity index (χ1) is 8.98. The van der Waals surface area contributed by atoms with E-state index in [1.54, 1.807) is 0 Å². The number of hydrogen-bond acceptors (Lipinski definition) is 3. The lowest BCUT2D eigenvalue weighted by atomic mass is 9.89. The SMILES string of the molecule is CCOC(=O)C(C)(CC(C)C)NC1CCCCCC1. The van der Waals surface area contributed by atoms with Crippen LogP contribution in [-0.4, -0.2) is 24.2 Å². The van der Waals surface area contributed by atoms with Crippen LogP contribution in [0.2, 0.25) is 0 Å². The van der Waals surface area contributed by atoms with E-state index in [9.17, 15) is 4.79 Å². The van der Waals surface area contributed by atoms with Gasteiger partial charge in [-0.05, 0) is 39.0 Å². The van der Waals surface area contributed by atoms with Crippen LogP contribution >= 0.6 is 0 Å². The molecule has 3 heteroatoms. The van der Waals surface area contributed by atoms with Crippen LogP contribution in [0.4, 0.5) is 0 Å². The molecule has 0 aromatic heterocycles. The molecule has 1 atom stereocenters. The van der Waals surface area contributed by atoms with Gasteiger partial charge in [0.25, 0.3) is 0 Å². The fraction of sp³-hybridized carbons (Fsp3) is 0.938. The Morgan fingerprint density at radius 3 is 2.32 bits per heavy atom. The number of esters is 1. The maximum absolute atomic E-state index is 12.3. The first-order valence-corrected chi connectivity index (χ1v) is 7.93. The Kier molecular flexibility index (Phi) is 6.84. The van der Waals surface area contributed by atoms with Gasteiger partial charge >= 0.3 is 5.97 Å². The normalized spacial score (nSPS) is 20.9. The zero-order valence-electron chi connectivity index (χ0n) is 13.1. The monoisotopic (exact) mass is 269 g/mol. The molecule has 0 amide bonds. The van der Waals surface area contributed by atoms with Crippen molar-refractivity contribution in [2.24, 2.45) is 5.92 Å². The third kappa shape index (κ3) is 5.52. The van der Waals surface area contributed by atoms with E-state index in [1.807, 2.05) is 13.8 Å². The highest BCUT2D eigenvalue weighted by atomic mass is 16.5. The van der Waals surface area contributed by atoms with Crippen LogP contribution in [0.5, 0.6) is 0 Å². The molecule has 1 unspecified atom stereocenters. The molecule has 1 fully saturated rings. The van der Waals surface area contributed by atoms with Crippen molar-refractivity contribution in [1.82, 2.24) is 5.32 Å². The fourth-order valence-electron chi connectivity index (χ4n) is 3.18. The van der Waals surface area contributed by atoms with Crippen LogP contribution in [0.3, 0.4) is 0 Å². The van der Waals surface area contributed by atoms with E-state index in [-0.39, 0.29) is 5.97 Å². The molecule has 0 aromatic rings. The molecule has 1 N–H and O–H groups in total. The van der Waals surface area contributed by atoms with E-state index in [0.717, 1.165) is 6.42 Å². The van der Waals surface area contributed by atoms with Gasteiger partial charge in [0, 0.05) is 6.04 Å². The smallest absolute Gasteiger partial charge is 0.326 e. The van der Waals surface area contributed by atoms with Gasteiger partial charge in [0.15, 0.2) is 0 Å². The summed E-state index contributed by atoms with van der Waals surface area (Å²) >= 11 is 0. The van der Waals surface area contributed by atoms with Crippen molar-refractivity contribution in [2.75, 3.05) is 6.61 Å². The number of hydrogen-bond donors (Lipinski definition) is 1. The Morgan fingerprint density at radius 2 is 1.84 bits per heavy atom. The van der Waals surface area contributed by atoms with Gasteiger partial charge in [-0.3, -0.25) is 10.1 Å². The van der Waals surface area contributed by atoms with Crippen molar-refractivity contribution in [1.29, 1.82) is 0 Å². The van der Waals surface area contributed by atoms with Gasteiger partial charge in [-0.2, -0.15) is 0 Å². The summed E-state index contributed by atoms with van der Waals surface area (Å²) in [5, 5.41) is 3.61. The van der Waals surface area contributed by atoms with E-state index in [2.05, 4.69) is 19.2 Å². The maximum Gasteiger partial charge on any atom is 0.326 e. The second-order valence-corrected chi connectivity index (χ2v) is 6.48. The summed E-state index contributed by atoms with van der Waals surface area (Å²) in [7, 11) is 0. The number of rotatable bonds is 6. The molecule has 0 saturated heterocycles. The van der Waals surface area contributed by atoms with Gasteiger partial charge < -0.3 is 4.74 Å². The molecule has 0 radical (unpaired) electrons. The molecule has 0 spiro atoms. The highest BCUT2D eigenvalue weighted by Crippen LogP contribution is 2.24. The molecule has 1 aliphatic rings. The van der Waals surface area contributed by atoms with Crippen molar-refractivity contribution in [3.8, 4) is 0 Å². The van der Waals surface area contributed by atoms with E-state index in [0.29, 0.717) is 18.6 Å². The second-order valence-electron chi connectivity index (χ2n) is 6.48. The molecule has 0 bridgehead atoms. The van der Waals surface area contributed by atoms with Crippen LogP contribution in [0, 0.1) is 5.92 Å². The van der Waals surface area contributed by atoms with Gasteiger partial charge in [-0.1, -0.05) is 39.5 Å². The molecular formula is C16H31NO2. The van der Waals surface area contributed by atoms with E-state index < -0.39 is 5.54 Å². The van der Waals surface area contributed by atoms with Gasteiger partial charge in [0.2, 0.25) is 0 Å². The minimum atomic E-state index is -0.529. The summed E-state index contributed by atoms with van der Waals surface area (Å²) in [6.07, 6.45) is 8.43. The average Bonchev–Trinajstić information content (AvgIpc) is 2.56. The lowest BCUT2D eigenvalue weighted by Crippen LogP contribution is -2.55. The van der Waals surface area contributed by atoms with Crippen molar-refractivity contribution >= 4 is 5.97 Å². The van der Waals surface area contributed by atoms with Gasteiger partial charge in [0.1, 0.15) is 5.54 Å². The summed E-state index contributed by atoms with van der Waals surface area (Å²) in [5.74, 6) is 0.389. The molecule has 1 rings (SSSR count). The Hall–Kier alpha value is -0.570. The number of nitrogens with one attached hydrogen (secondary N) is 1. The highest BCUT2D eigenvalue weighted by molar-refractivity contribution is 5.80. The lowest BCUT2D eigenvalue weighted by Gasteiger charge is -2.34. The largest absolute Gasteiger partial charge is 0.465 e. The van der Waals surface area contributed by atoms with Gasteiger partial charge in [0.05, 0.1) is 6.61 Å². The molecule has 1 saturated carbocycles.